The van der Waals surface area contributed by atoms with Crippen LogP contribution in [-0.2, 0) is 6.61 Å². The normalized spacial score (nSPS) is 10.2. The molecular weight excluding hydrogens is 289 g/mol. The fourth-order valence-corrected chi connectivity index (χ4v) is 1.98. The third kappa shape index (κ3) is 3.36. The van der Waals surface area contributed by atoms with Crippen LogP contribution in [0.15, 0.2) is 42.5 Å². The maximum absolute atomic E-state index is 10.9. The molecule has 0 aliphatic heterocycles. The Kier molecular flexibility index (Phi) is 4.24. The standard InChI is InChI=1S/C13H9Cl2NO3/c14-9-3-1-4-10(7-9)19-8-11-12(15)5-2-6-13(11)16(17)18/h1-7H,8H2. The zero-order chi connectivity index (χ0) is 13.8. The lowest BCUT2D eigenvalue weighted by Crippen LogP contribution is -2.01. The Balaban J connectivity index is 2.22. The summed E-state index contributed by atoms with van der Waals surface area (Å²) in [6, 6.07) is 11.3. The van der Waals surface area contributed by atoms with E-state index in [1.807, 2.05) is 0 Å². The van der Waals surface area contributed by atoms with E-state index in [9.17, 15) is 10.1 Å². The summed E-state index contributed by atoms with van der Waals surface area (Å²) in [6.07, 6.45) is 0. The van der Waals surface area contributed by atoms with Crippen molar-refractivity contribution in [3.63, 3.8) is 0 Å². The van der Waals surface area contributed by atoms with Gasteiger partial charge in [-0.05, 0) is 24.3 Å². The van der Waals surface area contributed by atoms with Crippen LogP contribution < -0.4 is 4.74 Å². The van der Waals surface area contributed by atoms with E-state index in [4.69, 9.17) is 27.9 Å². The molecular formula is C13H9Cl2NO3. The third-order valence-electron chi connectivity index (χ3n) is 2.47. The van der Waals surface area contributed by atoms with Crippen LogP contribution in [0.5, 0.6) is 5.75 Å². The molecule has 0 aromatic heterocycles. The smallest absolute Gasteiger partial charge is 0.277 e. The van der Waals surface area contributed by atoms with Crippen LogP contribution in [-0.4, -0.2) is 4.92 Å². The first-order valence-corrected chi connectivity index (χ1v) is 6.13. The van der Waals surface area contributed by atoms with Crippen molar-refractivity contribution in [1.82, 2.24) is 0 Å². The van der Waals surface area contributed by atoms with Gasteiger partial charge in [-0.15, -0.1) is 0 Å². The Morgan fingerprint density at radius 2 is 1.89 bits per heavy atom. The maximum atomic E-state index is 10.9. The van der Waals surface area contributed by atoms with Gasteiger partial charge in [-0.25, -0.2) is 0 Å². The summed E-state index contributed by atoms with van der Waals surface area (Å²) < 4.78 is 5.47. The minimum atomic E-state index is -0.484. The predicted octanol–water partition coefficient (Wildman–Crippen LogP) is 4.48. The molecule has 2 aromatic carbocycles. The highest BCUT2D eigenvalue weighted by Gasteiger charge is 2.17. The largest absolute Gasteiger partial charge is 0.489 e. The van der Waals surface area contributed by atoms with Crippen molar-refractivity contribution in [2.24, 2.45) is 0 Å². The van der Waals surface area contributed by atoms with Crippen molar-refractivity contribution in [2.75, 3.05) is 0 Å². The van der Waals surface area contributed by atoms with E-state index >= 15 is 0 Å². The van der Waals surface area contributed by atoms with Gasteiger partial charge in [0.25, 0.3) is 5.69 Å². The van der Waals surface area contributed by atoms with Crippen LogP contribution in [0.4, 0.5) is 5.69 Å². The zero-order valence-electron chi connectivity index (χ0n) is 9.68. The number of nitro groups is 1. The lowest BCUT2D eigenvalue weighted by Gasteiger charge is -2.08. The molecule has 0 fully saturated rings. The Bertz CT molecular complexity index is 617. The fraction of sp³-hybridized carbons (Fsp3) is 0.0769. The highest BCUT2D eigenvalue weighted by atomic mass is 35.5. The van der Waals surface area contributed by atoms with Crippen molar-refractivity contribution in [3.8, 4) is 5.75 Å². The number of ether oxygens (including phenoxy) is 1. The molecule has 0 spiro atoms. The maximum Gasteiger partial charge on any atom is 0.277 e. The minimum absolute atomic E-state index is 0.0102. The summed E-state index contributed by atoms with van der Waals surface area (Å²) in [5.41, 5.74) is 0.281. The SMILES string of the molecule is O=[N+]([O-])c1cccc(Cl)c1COc1cccc(Cl)c1. The molecule has 0 N–H and O–H groups in total. The van der Waals surface area contributed by atoms with E-state index in [1.165, 1.54) is 12.1 Å². The van der Waals surface area contributed by atoms with Crippen LogP contribution >= 0.6 is 23.2 Å². The number of hydrogen-bond donors (Lipinski definition) is 0. The number of nitro benzene ring substituents is 1. The van der Waals surface area contributed by atoms with Crippen LogP contribution in [0.25, 0.3) is 0 Å². The lowest BCUT2D eigenvalue weighted by molar-refractivity contribution is -0.385. The van der Waals surface area contributed by atoms with Gasteiger partial charge < -0.3 is 4.74 Å². The van der Waals surface area contributed by atoms with Gasteiger partial charge >= 0.3 is 0 Å². The Morgan fingerprint density at radius 3 is 2.58 bits per heavy atom. The molecule has 0 atom stereocenters. The molecule has 0 bridgehead atoms. The second kappa shape index (κ2) is 5.91. The van der Waals surface area contributed by atoms with Crippen LogP contribution in [0.1, 0.15) is 5.56 Å². The molecule has 0 saturated heterocycles. The molecule has 0 aliphatic rings. The Morgan fingerprint density at radius 1 is 1.16 bits per heavy atom. The van der Waals surface area contributed by atoms with Gasteiger partial charge in [-0.3, -0.25) is 10.1 Å². The number of hydrogen-bond acceptors (Lipinski definition) is 3. The second-order valence-corrected chi connectivity index (χ2v) is 4.58. The third-order valence-corrected chi connectivity index (χ3v) is 3.06. The molecule has 6 heteroatoms. The van der Waals surface area contributed by atoms with Gasteiger partial charge in [-0.2, -0.15) is 0 Å². The average Bonchev–Trinajstić information content (AvgIpc) is 2.37. The summed E-state index contributed by atoms with van der Waals surface area (Å²) in [5, 5.41) is 11.7. The highest BCUT2D eigenvalue weighted by molar-refractivity contribution is 6.31. The molecule has 19 heavy (non-hydrogen) atoms. The minimum Gasteiger partial charge on any atom is -0.489 e. The summed E-state index contributed by atoms with van der Waals surface area (Å²) in [7, 11) is 0. The van der Waals surface area contributed by atoms with E-state index in [-0.39, 0.29) is 12.3 Å². The van der Waals surface area contributed by atoms with Gasteiger partial charge in [-0.1, -0.05) is 35.3 Å². The van der Waals surface area contributed by atoms with Gasteiger partial charge in [0.15, 0.2) is 0 Å². The summed E-state index contributed by atoms with van der Waals surface area (Å²) in [5.74, 6) is 0.529. The van der Waals surface area contributed by atoms with E-state index in [0.717, 1.165) is 0 Å². The fourth-order valence-electron chi connectivity index (χ4n) is 1.57. The van der Waals surface area contributed by atoms with Crippen molar-refractivity contribution in [1.29, 1.82) is 0 Å². The van der Waals surface area contributed by atoms with Gasteiger partial charge in [0.1, 0.15) is 12.4 Å². The monoisotopic (exact) mass is 297 g/mol. The number of benzene rings is 2. The molecule has 2 rings (SSSR count). The van der Waals surface area contributed by atoms with E-state index < -0.39 is 4.92 Å². The molecule has 0 saturated carbocycles. The summed E-state index contributed by atoms with van der Waals surface area (Å²) in [6.45, 7) is 0.0102. The van der Waals surface area contributed by atoms with Crippen LogP contribution in [0, 0.1) is 10.1 Å². The summed E-state index contributed by atoms with van der Waals surface area (Å²) >= 11 is 11.8. The second-order valence-electron chi connectivity index (χ2n) is 3.74. The number of nitrogens with zero attached hydrogens (tertiary/aromatic N) is 1. The first-order valence-electron chi connectivity index (χ1n) is 5.38. The first-order chi connectivity index (χ1) is 9.08. The van der Waals surface area contributed by atoms with Crippen LogP contribution in [0.2, 0.25) is 10.0 Å². The van der Waals surface area contributed by atoms with Crippen molar-refractivity contribution < 1.29 is 9.66 Å². The van der Waals surface area contributed by atoms with Gasteiger partial charge in [0.05, 0.1) is 15.5 Å². The van der Waals surface area contributed by atoms with Crippen LogP contribution in [0.3, 0.4) is 0 Å². The van der Waals surface area contributed by atoms with Crippen molar-refractivity contribution in [2.45, 2.75) is 6.61 Å². The molecule has 0 unspecified atom stereocenters. The highest BCUT2D eigenvalue weighted by Crippen LogP contribution is 2.28. The zero-order valence-corrected chi connectivity index (χ0v) is 11.2. The topological polar surface area (TPSA) is 52.4 Å². The van der Waals surface area contributed by atoms with Gasteiger partial charge in [0, 0.05) is 11.1 Å². The predicted molar refractivity (Wildman–Crippen MR) is 73.9 cm³/mol. The van der Waals surface area contributed by atoms with Crippen molar-refractivity contribution >= 4 is 28.9 Å². The number of halogens is 2. The lowest BCUT2D eigenvalue weighted by atomic mass is 10.2. The first kappa shape index (κ1) is 13.6. The molecule has 2 aromatic rings. The Labute approximate surface area is 119 Å². The quantitative estimate of drug-likeness (QED) is 0.617. The van der Waals surface area contributed by atoms with E-state index in [0.29, 0.717) is 21.4 Å². The van der Waals surface area contributed by atoms with Gasteiger partial charge in [0.2, 0.25) is 0 Å². The van der Waals surface area contributed by atoms with Crippen molar-refractivity contribution in [3.05, 3.63) is 68.2 Å². The number of rotatable bonds is 4. The van der Waals surface area contributed by atoms with E-state index in [1.54, 1.807) is 30.3 Å². The molecule has 0 radical (unpaired) electrons. The Hall–Kier alpha value is -1.78. The molecule has 0 heterocycles. The molecule has 0 aliphatic carbocycles. The molecule has 98 valence electrons. The molecule has 4 nitrogen and oxygen atoms in total. The summed E-state index contributed by atoms with van der Waals surface area (Å²) in [4.78, 5) is 10.4. The van der Waals surface area contributed by atoms with E-state index in [2.05, 4.69) is 0 Å². The average molecular weight is 298 g/mol. The molecule has 0 amide bonds.